The smallest absolute Gasteiger partial charge is 0.325 e. The normalized spacial score (nSPS) is 17.2. The van der Waals surface area contributed by atoms with Gasteiger partial charge in [0.2, 0.25) is 5.91 Å². The predicted octanol–water partition coefficient (Wildman–Crippen LogP) is -0.301. The lowest BCUT2D eigenvalue weighted by molar-refractivity contribution is -0.138. The Morgan fingerprint density at radius 2 is 2.15 bits per heavy atom. The van der Waals surface area contributed by atoms with Gasteiger partial charge in [-0.05, 0) is 13.8 Å². The van der Waals surface area contributed by atoms with E-state index in [-0.39, 0.29) is 12.5 Å². The maximum Gasteiger partial charge on any atom is 0.325 e. The third kappa shape index (κ3) is 2.63. The molecular formula is C12H17N5O3. The van der Waals surface area contributed by atoms with Gasteiger partial charge in [0.25, 0.3) is 5.91 Å². The van der Waals surface area contributed by atoms with Crippen molar-refractivity contribution in [3.8, 4) is 0 Å². The summed E-state index contributed by atoms with van der Waals surface area (Å²) in [5.74, 6) is -0.708. The maximum absolute atomic E-state index is 12.0. The molecule has 20 heavy (non-hydrogen) atoms. The standard InChI is InChI=1S/C12H17N5O3/c1-12(2)10(19)17(11(20)15-12)7-9(18)16(3)6-8-4-13-14-5-8/h4-5H,6-7H2,1-3H3,(H,13,14)(H,15,20). The zero-order chi connectivity index (χ0) is 14.9. The van der Waals surface area contributed by atoms with Crippen LogP contribution in [0.2, 0.25) is 0 Å². The van der Waals surface area contributed by atoms with E-state index in [2.05, 4.69) is 15.5 Å². The third-order valence-electron chi connectivity index (χ3n) is 3.14. The molecule has 1 fully saturated rings. The molecule has 2 rings (SSSR count). The van der Waals surface area contributed by atoms with Crippen LogP contribution >= 0.6 is 0 Å². The number of nitrogens with zero attached hydrogens (tertiary/aromatic N) is 3. The van der Waals surface area contributed by atoms with Gasteiger partial charge < -0.3 is 10.2 Å². The minimum absolute atomic E-state index is 0.261. The van der Waals surface area contributed by atoms with Crippen LogP contribution in [0.25, 0.3) is 0 Å². The Bertz CT molecular complexity index is 537. The Kier molecular flexibility index (Phi) is 3.47. The van der Waals surface area contributed by atoms with E-state index in [0.717, 1.165) is 10.5 Å². The average molecular weight is 279 g/mol. The summed E-state index contributed by atoms with van der Waals surface area (Å²) >= 11 is 0. The van der Waals surface area contributed by atoms with Crippen LogP contribution in [0, 0.1) is 0 Å². The Morgan fingerprint density at radius 3 is 2.65 bits per heavy atom. The Labute approximate surface area is 116 Å². The first-order chi connectivity index (χ1) is 9.31. The number of aromatic nitrogens is 2. The fourth-order valence-electron chi connectivity index (χ4n) is 1.94. The largest absolute Gasteiger partial charge is 0.340 e. The molecule has 1 aromatic rings. The van der Waals surface area contributed by atoms with Crippen LogP contribution < -0.4 is 5.32 Å². The maximum atomic E-state index is 12.0. The predicted molar refractivity (Wildman–Crippen MR) is 69.4 cm³/mol. The molecule has 0 unspecified atom stereocenters. The fraction of sp³-hybridized carbons (Fsp3) is 0.500. The van der Waals surface area contributed by atoms with Crippen molar-refractivity contribution in [1.29, 1.82) is 0 Å². The summed E-state index contributed by atoms with van der Waals surface area (Å²) in [4.78, 5) is 38.1. The molecule has 2 heterocycles. The minimum Gasteiger partial charge on any atom is -0.340 e. The van der Waals surface area contributed by atoms with E-state index >= 15 is 0 Å². The number of carbonyl (C=O) groups is 3. The second kappa shape index (κ2) is 4.95. The molecule has 0 spiro atoms. The van der Waals surface area contributed by atoms with Gasteiger partial charge in [-0.2, -0.15) is 5.10 Å². The monoisotopic (exact) mass is 279 g/mol. The number of aromatic amines is 1. The highest BCUT2D eigenvalue weighted by molar-refractivity contribution is 6.08. The lowest BCUT2D eigenvalue weighted by atomic mass is 10.1. The highest BCUT2D eigenvalue weighted by Gasteiger charge is 2.45. The summed E-state index contributed by atoms with van der Waals surface area (Å²) in [6.45, 7) is 3.31. The number of likely N-dealkylation sites (N-methyl/N-ethyl adjacent to an activating group) is 1. The van der Waals surface area contributed by atoms with E-state index in [0.29, 0.717) is 6.54 Å². The molecule has 1 saturated heterocycles. The summed E-state index contributed by atoms with van der Waals surface area (Å²) in [6.07, 6.45) is 3.29. The zero-order valence-corrected chi connectivity index (χ0v) is 11.6. The van der Waals surface area contributed by atoms with Gasteiger partial charge >= 0.3 is 6.03 Å². The van der Waals surface area contributed by atoms with Gasteiger partial charge in [-0.3, -0.25) is 19.6 Å². The Hall–Kier alpha value is -2.38. The highest BCUT2D eigenvalue weighted by Crippen LogP contribution is 2.16. The van der Waals surface area contributed by atoms with Crippen molar-refractivity contribution in [3.05, 3.63) is 18.0 Å². The second-order valence-electron chi connectivity index (χ2n) is 5.30. The molecule has 0 aliphatic carbocycles. The molecule has 0 saturated carbocycles. The van der Waals surface area contributed by atoms with E-state index in [4.69, 9.17) is 0 Å². The summed E-state index contributed by atoms with van der Waals surface area (Å²) < 4.78 is 0. The van der Waals surface area contributed by atoms with Crippen molar-refractivity contribution in [2.45, 2.75) is 25.9 Å². The topological polar surface area (TPSA) is 98.4 Å². The molecule has 4 amide bonds. The number of amides is 4. The Balaban J connectivity index is 1.98. The Morgan fingerprint density at radius 1 is 1.45 bits per heavy atom. The first-order valence-corrected chi connectivity index (χ1v) is 6.17. The molecule has 1 aliphatic rings. The molecule has 2 N–H and O–H groups in total. The van der Waals surface area contributed by atoms with Gasteiger partial charge in [0, 0.05) is 25.4 Å². The van der Waals surface area contributed by atoms with Crippen molar-refractivity contribution in [2.24, 2.45) is 0 Å². The highest BCUT2D eigenvalue weighted by atomic mass is 16.2. The second-order valence-corrected chi connectivity index (χ2v) is 5.30. The number of rotatable bonds is 4. The number of nitrogens with one attached hydrogen (secondary N) is 2. The first kappa shape index (κ1) is 14.0. The first-order valence-electron chi connectivity index (χ1n) is 6.17. The molecule has 8 heteroatoms. The van der Waals surface area contributed by atoms with Crippen LogP contribution in [-0.2, 0) is 16.1 Å². The third-order valence-corrected chi connectivity index (χ3v) is 3.14. The van der Waals surface area contributed by atoms with Crippen LogP contribution in [0.4, 0.5) is 4.79 Å². The van der Waals surface area contributed by atoms with Crippen LogP contribution in [0.3, 0.4) is 0 Å². The van der Waals surface area contributed by atoms with Gasteiger partial charge in [-0.15, -0.1) is 0 Å². The summed E-state index contributed by atoms with van der Waals surface area (Å²) in [5, 5.41) is 8.98. The van der Waals surface area contributed by atoms with E-state index in [1.165, 1.54) is 4.90 Å². The number of imide groups is 1. The number of hydrogen-bond donors (Lipinski definition) is 2. The van der Waals surface area contributed by atoms with Gasteiger partial charge in [-0.1, -0.05) is 0 Å². The van der Waals surface area contributed by atoms with Crippen LogP contribution in [0.1, 0.15) is 19.4 Å². The van der Waals surface area contributed by atoms with Gasteiger partial charge in [-0.25, -0.2) is 4.79 Å². The molecular weight excluding hydrogens is 262 g/mol. The quantitative estimate of drug-likeness (QED) is 0.739. The fourth-order valence-corrected chi connectivity index (χ4v) is 1.94. The SMILES string of the molecule is CN(Cc1cn[nH]c1)C(=O)CN1C(=O)NC(C)(C)C1=O. The van der Waals surface area contributed by atoms with Crippen LogP contribution in [-0.4, -0.2) is 57.0 Å². The molecule has 1 aromatic heterocycles. The molecule has 108 valence electrons. The number of hydrogen-bond acceptors (Lipinski definition) is 4. The van der Waals surface area contributed by atoms with Crippen LogP contribution in [0.15, 0.2) is 12.4 Å². The number of carbonyl (C=O) groups excluding carboxylic acids is 3. The molecule has 8 nitrogen and oxygen atoms in total. The number of urea groups is 1. The van der Waals surface area contributed by atoms with E-state index in [9.17, 15) is 14.4 Å². The van der Waals surface area contributed by atoms with Crippen molar-refractivity contribution in [2.75, 3.05) is 13.6 Å². The van der Waals surface area contributed by atoms with Gasteiger partial charge in [0.05, 0.1) is 6.20 Å². The summed E-state index contributed by atoms with van der Waals surface area (Å²) in [6, 6.07) is -0.537. The molecule has 0 radical (unpaired) electrons. The molecule has 0 bridgehead atoms. The van der Waals surface area contributed by atoms with Crippen molar-refractivity contribution in [1.82, 2.24) is 25.3 Å². The van der Waals surface area contributed by atoms with Crippen LogP contribution in [0.5, 0.6) is 0 Å². The van der Waals surface area contributed by atoms with E-state index in [1.807, 2.05) is 0 Å². The van der Waals surface area contributed by atoms with Gasteiger partial charge in [0.1, 0.15) is 12.1 Å². The molecule has 0 atom stereocenters. The van der Waals surface area contributed by atoms with E-state index in [1.54, 1.807) is 33.3 Å². The number of H-pyrrole nitrogens is 1. The lowest BCUT2D eigenvalue weighted by Crippen LogP contribution is -2.43. The van der Waals surface area contributed by atoms with Crippen molar-refractivity contribution < 1.29 is 14.4 Å². The molecule has 1 aliphatic heterocycles. The summed E-state index contributed by atoms with van der Waals surface area (Å²) in [7, 11) is 1.61. The lowest BCUT2D eigenvalue weighted by Gasteiger charge is -2.20. The van der Waals surface area contributed by atoms with Gasteiger partial charge in [0.15, 0.2) is 0 Å². The zero-order valence-electron chi connectivity index (χ0n) is 11.6. The average Bonchev–Trinajstić information content (AvgIpc) is 2.92. The van der Waals surface area contributed by atoms with Crippen molar-refractivity contribution >= 4 is 17.8 Å². The minimum atomic E-state index is -0.958. The van der Waals surface area contributed by atoms with E-state index < -0.39 is 17.5 Å². The van der Waals surface area contributed by atoms with Crippen molar-refractivity contribution in [3.63, 3.8) is 0 Å². The molecule has 0 aromatic carbocycles. The summed E-state index contributed by atoms with van der Waals surface area (Å²) in [5.41, 5.74) is -0.112.